The lowest BCUT2D eigenvalue weighted by molar-refractivity contribution is -0.649. The highest BCUT2D eigenvalue weighted by Gasteiger charge is 2.28. The highest BCUT2D eigenvalue weighted by molar-refractivity contribution is 6.01. The number of allylic oxidation sites excluding steroid dienone is 1. The van der Waals surface area contributed by atoms with Crippen LogP contribution in [0.1, 0.15) is 23.6 Å². The maximum atomic E-state index is 5.11. The minimum Gasteiger partial charge on any atom is -0.257 e. The van der Waals surface area contributed by atoms with Gasteiger partial charge in [0, 0.05) is 29.7 Å². The molecule has 3 heteroatoms. The van der Waals surface area contributed by atoms with Crippen LogP contribution >= 0.6 is 0 Å². The molecule has 44 heavy (non-hydrogen) atoms. The Hall–Kier alpha value is -5.54. The van der Waals surface area contributed by atoms with E-state index in [-0.39, 0.29) is 6.04 Å². The van der Waals surface area contributed by atoms with Gasteiger partial charge in [-0.1, -0.05) is 115 Å². The van der Waals surface area contributed by atoms with Gasteiger partial charge in [0.1, 0.15) is 7.05 Å². The summed E-state index contributed by atoms with van der Waals surface area (Å²) in [5.74, 6) is 0. The Balaban J connectivity index is 1.26. The summed E-state index contributed by atoms with van der Waals surface area (Å²) in [4.78, 5) is 0. The molecule has 6 aromatic rings. The molecule has 2 heterocycles. The standard InChI is InChI=1S/C41H34N3/c1-43-39(33-16-8-3-9-17-33)28-36(29-40(43)34-18-10-4-11-19-34)32-23-26-38(27-24-32)44-41(35-20-12-5-13-21-35)30-37(42-44)25-22-31-14-6-2-7-15-31/h2-29,41H,30H2,1H3/q+1/b25-22+. The third-order valence-corrected chi connectivity index (χ3v) is 8.30. The van der Waals surface area contributed by atoms with Crippen LogP contribution in [0.5, 0.6) is 0 Å². The molecule has 0 N–H and O–H groups in total. The minimum atomic E-state index is 0.141. The van der Waals surface area contributed by atoms with Gasteiger partial charge in [-0.2, -0.15) is 9.67 Å². The van der Waals surface area contributed by atoms with E-state index < -0.39 is 0 Å². The Bertz CT molecular complexity index is 1850. The number of hydrazone groups is 1. The monoisotopic (exact) mass is 568 g/mol. The van der Waals surface area contributed by atoms with Crippen molar-refractivity contribution in [3.05, 3.63) is 175 Å². The fraction of sp³-hybridized carbons (Fsp3) is 0.0732. The van der Waals surface area contributed by atoms with E-state index in [0.29, 0.717) is 0 Å². The molecule has 7 rings (SSSR count). The maximum absolute atomic E-state index is 5.11. The number of aromatic nitrogens is 1. The van der Waals surface area contributed by atoms with Crippen molar-refractivity contribution in [2.75, 3.05) is 5.01 Å². The van der Waals surface area contributed by atoms with Gasteiger partial charge in [-0.3, -0.25) is 5.01 Å². The normalized spacial score (nSPS) is 14.6. The fourth-order valence-electron chi connectivity index (χ4n) is 5.97. The van der Waals surface area contributed by atoms with Gasteiger partial charge in [0.25, 0.3) is 0 Å². The number of rotatable bonds is 7. The first-order valence-corrected chi connectivity index (χ1v) is 15.1. The Morgan fingerprint density at radius 2 is 1.09 bits per heavy atom. The van der Waals surface area contributed by atoms with Crippen LogP contribution < -0.4 is 9.58 Å². The lowest BCUT2D eigenvalue weighted by atomic mass is 9.98. The first-order chi connectivity index (χ1) is 21.7. The number of nitrogens with zero attached hydrogens (tertiary/aromatic N) is 3. The van der Waals surface area contributed by atoms with E-state index in [9.17, 15) is 0 Å². The van der Waals surface area contributed by atoms with Crippen LogP contribution in [0.3, 0.4) is 0 Å². The smallest absolute Gasteiger partial charge is 0.213 e. The van der Waals surface area contributed by atoms with Gasteiger partial charge >= 0.3 is 0 Å². The van der Waals surface area contributed by atoms with Crippen LogP contribution in [0.25, 0.3) is 39.7 Å². The Morgan fingerprint density at radius 3 is 1.66 bits per heavy atom. The molecule has 0 saturated heterocycles. The molecule has 5 aromatic carbocycles. The average Bonchev–Trinajstić information content (AvgIpc) is 3.54. The SMILES string of the molecule is C[n+]1c(-c2ccccc2)cc(-c2ccc(N3N=C(/C=C/c4ccccc4)CC3c3ccccc3)cc2)cc1-c1ccccc1. The molecule has 1 aromatic heterocycles. The molecule has 1 aliphatic rings. The summed E-state index contributed by atoms with van der Waals surface area (Å²) in [6, 6.07) is 55.9. The zero-order valence-corrected chi connectivity index (χ0v) is 24.8. The fourth-order valence-corrected chi connectivity index (χ4v) is 5.97. The number of hydrogen-bond acceptors (Lipinski definition) is 2. The second kappa shape index (κ2) is 12.4. The molecule has 0 fully saturated rings. The maximum Gasteiger partial charge on any atom is 0.213 e. The van der Waals surface area contributed by atoms with Gasteiger partial charge in [0.15, 0.2) is 0 Å². The molecule has 1 aliphatic heterocycles. The molecular formula is C41H34N3+. The van der Waals surface area contributed by atoms with E-state index in [0.717, 1.165) is 17.8 Å². The van der Waals surface area contributed by atoms with Crippen LogP contribution in [0.4, 0.5) is 5.69 Å². The molecular weight excluding hydrogens is 534 g/mol. The van der Waals surface area contributed by atoms with Crippen molar-refractivity contribution >= 4 is 17.5 Å². The third-order valence-electron chi connectivity index (χ3n) is 8.30. The number of pyridine rings is 1. The van der Waals surface area contributed by atoms with Crippen molar-refractivity contribution < 1.29 is 4.57 Å². The van der Waals surface area contributed by atoms with Gasteiger partial charge in [-0.25, -0.2) is 0 Å². The Morgan fingerprint density at radius 1 is 0.568 bits per heavy atom. The van der Waals surface area contributed by atoms with Crippen molar-refractivity contribution in [1.29, 1.82) is 0 Å². The van der Waals surface area contributed by atoms with Gasteiger partial charge in [0.2, 0.25) is 11.4 Å². The summed E-state index contributed by atoms with van der Waals surface area (Å²) in [7, 11) is 2.15. The van der Waals surface area contributed by atoms with Crippen LogP contribution in [0.15, 0.2) is 169 Å². The molecule has 0 saturated carbocycles. The van der Waals surface area contributed by atoms with Crippen molar-refractivity contribution in [1.82, 2.24) is 0 Å². The molecule has 3 nitrogen and oxygen atoms in total. The van der Waals surface area contributed by atoms with Gasteiger partial charge in [-0.05, 0) is 64.7 Å². The van der Waals surface area contributed by atoms with E-state index in [1.165, 1.54) is 44.8 Å². The molecule has 212 valence electrons. The van der Waals surface area contributed by atoms with Crippen LogP contribution in [0.2, 0.25) is 0 Å². The zero-order chi connectivity index (χ0) is 29.7. The third kappa shape index (κ3) is 5.73. The van der Waals surface area contributed by atoms with Crippen molar-refractivity contribution in [2.45, 2.75) is 12.5 Å². The van der Waals surface area contributed by atoms with Crippen LogP contribution in [0, 0.1) is 0 Å². The summed E-state index contributed by atoms with van der Waals surface area (Å²) in [6.07, 6.45) is 5.16. The van der Waals surface area contributed by atoms with Crippen LogP contribution in [-0.2, 0) is 7.05 Å². The first kappa shape index (κ1) is 27.3. The molecule has 0 aliphatic carbocycles. The molecule has 0 radical (unpaired) electrons. The predicted molar refractivity (Wildman–Crippen MR) is 183 cm³/mol. The second-order valence-corrected chi connectivity index (χ2v) is 11.2. The van der Waals surface area contributed by atoms with E-state index in [4.69, 9.17) is 5.10 Å². The molecule has 0 bridgehead atoms. The quantitative estimate of drug-likeness (QED) is 0.176. The van der Waals surface area contributed by atoms with E-state index in [1.807, 2.05) is 6.07 Å². The summed E-state index contributed by atoms with van der Waals surface area (Å²) in [6.45, 7) is 0. The van der Waals surface area contributed by atoms with E-state index in [2.05, 4.69) is 180 Å². The lowest BCUT2D eigenvalue weighted by Gasteiger charge is -2.24. The Kier molecular flexibility index (Phi) is 7.67. The van der Waals surface area contributed by atoms with Gasteiger partial charge in [-0.15, -0.1) is 0 Å². The highest BCUT2D eigenvalue weighted by atomic mass is 15.5. The molecule has 0 spiro atoms. The molecule has 1 unspecified atom stereocenters. The number of anilines is 1. The van der Waals surface area contributed by atoms with E-state index in [1.54, 1.807) is 0 Å². The van der Waals surface area contributed by atoms with Crippen molar-refractivity contribution in [2.24, 2.45) is 12.1 Å². The summed E-state index contributed by atoms with van der Waals surface area (Å²) >= 11 is 0. The predicted octanol–water partition coefficient (Wildman–Crippen LogP) is 9.53. The number of hydrogen-bond donors (Lipinski definition) is 0. The first-order valence-electron chi connectivity index (χ1n) is 15.1. The van der Waals surface area contributed by atoms with Crippen molar-refractivity contribution in [3.8, 4) is 33.6 Å². The van der Waals surface area contributed by atoms with E-state index >= 15 is 0 Å². The molecule has 1 atom stereocenters. The van der Waals surface area contributed by atoms with Gasteiger partial charge in [0.05, 0.1) is 17.4 Å². The van der Waals surface area contributed by atoms with Crippen molar-refractivity contribution in [3.63, 3.8) is 0 Å². The Labute approximate surface area is 259 Å². The summed E-state index contributed by atoms with van der Waals surface area (Å²) < 4.78 is 2.29. The minimum absolute atomic E-state index is 0.141. The van der Waals surface area contributed by atoms with Crippen LogP contribution in [-0.4, -0.2) is 5.71 Å². The number of benzene rings is 5. The van der Waals surface area contributed by atoms with Gasteiger partial charge < -0.3 is 0 Å². The summed E-state index contributed by atoms with van der Waals surface area (Å²) in [5.41, 5.74) is 11.7. The average molecular weight is 569 g/mol. The second-order valence-electron chi connectivity index (χ2n) is 11.2. The highest BCUT2D eigenvalue weighted by Crippen LogP contribution is 2.37. The molecule has 0 amide bonds. The topological polar surface area (TPSA) is 19.5 Å². The summed E-state index contributed by atoms with van der Waals surface area (Å²) in [5, 5.41) is 7.29. The zero-order valence-electron chi connectivity index (χ0n) is 24.8. The largest absolute Gasteiger partial charge is 0.257 e. The lowest BCUT2D eigenvalue weighted by Crippen LogP contribution is -2.34.